The van der Waals surface area contributed by atoms with Gasteiger partial charge in [0.1, 0.15) is 16.2 Å². The van der Waals surface area contributed by atoms with E-state index in [2.05, 4.69) is 15.3 Å². The topological polar surface area (TPSA) is 54.9 Å². The minimum Gasteiger partial charge on any atom is -0.325 e. The summed E-state index contributed by atoms with van der Waals surface area (Å²) in [4.78, 5) is 24.8. The normalized spacial score (nSPS) is 13.2. The average molecular weight is 388 g/mol. The molecule has 2 aromatic heterocycles. The summed E-state index contributed by atoms with van der Waals surface area (Å²) in [7, 11) is 0. The van der Waals surface area contributed by atoms with E-state index in [9.17, 15) is 4.79 Å². The minimum atomic E-state index is -0.0121. The van der Waals surface area contributed by atoms with E-state index in [0.717, 1.165) is 33.3 Å². The van der Waals surface area contributed by atoms with Crippen LogP contribution in [-0.2, 0) is 17.6 Å². The highest BCUT2D eigenvalue weighted by Gasteiger charge is 2.21. The van der Waals surface area contributed by atoms with Crippen molar-refractivity contribution < 1.29 is 4.79 Å². The molecule has 7 heteroatoms. The van der Waals surface area contributed by atoms with Crippen LogP contribution in [0.5, 0.6) is 0 Å². The summed E-state index contributed by atoms with van der Waals surface area (Å²) in [5, 5.41) is 5.06. The van der Waals surface area contributed by atoms with E-state index in [1.807, 2.05) is 30.5 Å². The third-order valence-electron chi connectivity index (χ3n) is 4.16. The number of thiophene rings is 1. The zero-order valence-corrected chi connectivity index (χ0v) is 16.2. The Morgan fingerprint density at radius 3 is 3.12 bits per heavy atom. The van der Waals surface area contributed by atoms with Gasteiger partial charge in [0.05, 0.1) is 5.75 Å². The molecule has 4 nitrogen and oxygen atoms in total. The molecule has 0 unspecified atom stereocenters. The number of aryl methyl sites for hydroxylation is 2. The van der Waals surface area contributed by atoms with Gasteiger partial charge in [-0.25, -0.2) is 9.97 Å². The number of carbonyl (C=O) groups excluding carboxylic acids is 1. The summed E-state index contributed by atoms with van der Waals surface area (Å²) in [5.74, 6) is 0.335. The summed E-state index contributed by atoms with van der Waals surface area (Å²) in [6.45, 7) is 0. The maximum absolute atomic E-state index is 12.3. The number of nitrogens with zero attached hydrogens (tertiary/aromatic N) is 2. The number of hydrogen-bond acceptors (Lipinski definition) is 6. The summed E-state index contributed by atoms with van der Waals surface area (Å²) in [6.07, 6.45) is 7.09. The first-order valence-corrected chi connectivity index (χ1v) is 11.1. The second kappa shape index (κ2) is 7.35. The predicted octanol–water partition coefficient (Wildman–Crippen LogP) is 4.63. The van der Waals surface area contributed by atoms with Crippen LogP contribution >= 0.6 is 34.9 Å². The molecule has 0 bridgehead atoms. The molecule has 1 aliphatic carbocycles. The van der Waals surface area contributed by atoms with Crippen molar-refractivity contribution in [1.29, 1.82) is 0 Å². The third kappa shape index (κ3) is 3.54. The molecule has 1 N–H and O–H groups in total. The fourth-order valence-electron chi connectivity index (χ4n) is 3.04. The van der Waals surface area contributed by atoms with Gasteiger partial charge in [0.25, 0.3) is 0 Å². The molecule has 25 heavy (non-hydrogen) atoms. The molecular formula is C18H17N3OS3. The molecule has 1 amide bonds. The Morgan fingerprint density at radius 1 is 1.32 bits per heavy atom. The van der Waals surface area contributed by atoms with E-state index >= 15 is 0 Å². The van der Waals surface area contributed by atoms with E-state index < -0.39 is 0 Å². The van der Waals surface area contributed by atoms with E-state index in [1.54, 1.807) is 29.4 Å². The van der Waals surface area contributed by atoms with Gasteiger partial charge < -0.3 is 5.32 Å². The SMILES string of the molecule is CSc1cccc(NC(=O)CSc2ncnc3sc4c(c23)CCC4)c1. The molecule has 4 rings (SSSR count). The Bertz CT molecular complexity index is 938. The molecule has 128 valence electrons. The Morgan fingerprint density at radius 2 is 2.24 bits per heavy atom. The second-order valence-electron chi connectivity index (χ2n) is 5.79. The molecular weight excluding hydrogens is 370 g/mol. The van der Waals surface area contributed by atoms with Gasteiger partial charge in [-0.3, -0.25) is 4.79 Å². The number of amides is 1. The van der Waals surface area contributed by atoms with Crippen LogP contribution in [0.1, 0.15) is 16.9 Å². The van der Waals surface area contributed by atoms with E-state index in [-0.39, 0.29) is 5.91 Å². The number of aromatic nitrogens is 2. The minimum absolute atomic E-state index is 0.0121. The number of benzene rings is 1. The van der Waals surface area contributed by atoms with E-state index in [0.29, 0.717) is 5.75 Å². The number of anilines is 1. The molecule has 0 fully saturated rings. The van der Waals surface area contributed by atoms with Crippen LogP contribution in [0.25, 0.3) is 10.2 Å². The Labute approximate surface area is 158 Å². The number of hydrogen-bond donors (Lipinski definition) is 1. The van der Waals surface area contributed by atoms with Crippen LogP contribution in [0.4, 0.5) is 5.69 Å². The maximum Gasteiger partial charge on any atom is 0.234 e. The molecule has 0 atom stereocenters. The Hall–Kier alpha value is -1.57. The lowest BCUT2D eigenvalue weighted by molar-refractivity contribution is -0.113. The van der Waals surface area contributed by atoms with Crippen molar-refractivity contribution >= 4 is 56.7 Å². The number of fused-ring (bicyclic) bond motifs is 3. The Kier molecular flexibility index (Phi) is 4.96. The van der Waals surface area contributed by atoms with Gasteiger partial charge in [0.2, 0.25) is 5.91 Å². The maximum atomic E-state index is 12.3. The first-order chi connectivity index (χ1) is 12.2. The van der Waals surface area contributed by atoms with Crippen molar-refractivity contribution in [2.45, 2.75) is 29.2 Å². The highest BCUT2D eigenvalue weighted by molar-refractivity contribution is 8.00. The van der Waals surface area contributed by atoms with Crippen LogP contribution in [0.2, 0.25) is 0 Å². The lowest BCUT2D eigenvalue weighted by Gasteiger charge is -2.07. The fraction of sp³-hybridized carbons (Fsp3) is 0.278. The van der Waals surface area contributed by atoms with Crippen molar-refractivity contribution in [3.05, 3.63) is 41.0 Å². The number of carbonyl (C=O) groups is 1. The summed E-state index contributed by atoms with van der Waals surface area (Å²) >= 11 is 4.93. The first-order valence-electron chi connectivity index (χ1n) is 8.06. The van der Waals surface area contributed by atoms with E-state index in [1.165, 1.54) is 34.0 Å². The van der Waals surface area contributed by atoms with Crippen LogP contribution in [0.15, 0.2) is 40.5 Å². The monoisotopic (exact) mass is 387 g/mol. The lowest BCUT2D eigenvalue weighted by Crippen LogP contribution is -2.14. The van der Waals surface area contributed by atoms with Crippen LogP contribution in [0.3, 0.4) is 0 Å². The zero-order valence-electron chi connectivity index (χ0n) is 13.7. The quantitative estimate of drug-likeness (QED) is 0.511. The smallest absolute Gasteiger partial charge is 0.234 e. The van der Waals surface area contributed by atoms with Gasteiger partial charge in [-0.2, -0.15) is 0 Å². The van der Waals surface area contributed by atoms with Crippen LogP contribution in [-0.4, -0.2) is 27.9 Å². The second-order valence-corrected chi connectivity index (χ2v) is 8.71. The van der Waals surface area contributed by atoms with Gasteiger partial charge in [-0.05, 0) is 49.3 Å². The van der Waals surface area contributed by atoms with E-state index in [4.69, 9.17) is 0 Å². The molecule has 2 heterocycles. The summed E-state index contributed by atoms with van der Waals surface area (Å²) in [6, 6.07) is 7.89. The van der Waals surface area contributed by atoms with Crippen molar-refractivity contribution in [1.82, 2.24) is 9.97 Å². The zero-order chi connectivity index (χ0) is 17.2. The predicted molar refractivity (Wildman–Crippen MR) is 107 cm³/mol. The average Bonchev–Trinajstić information content (AvgIpc) is 3.21. The molecule has 0 radical (unpaired) electrons. The van der Waals surface area contributed by atoms with Crippen LogP contribution in [0, 0.1) is 0 Å². The summed E-state index contributed by atoms with van der Waals surface area (Å²) in [5.41, 5.74) is 2.23. The van der Waals surface area contributed by atoms with Gasteiger partial charge in [0.15, 0.2) is 0 Å². The summed E-state index contributed by atoms with van der Waals surface area (Å²) < 4.78 is 0. The first kappa shape index (κ1) is 16.9. The molecule has 0 spiro atoms. The Balaban J connectivity index is 1.48. The lowest BCUT2D eigenvalue weighted by atomic mass is 10.2. The highest BCUT2D eigenvalue weighted by atomic mass is 32.2. The van der Waals surface area contributed by atoms with Crippen molar-refractivity contribution in [3.8, 4) is 0 Å². The van der Waals surface area contributed by atoms with Crippen molar-refractivity contribution in [3.63, 3.8) is 0 Å². The van der Waals surface area contributed by atoms with Crippen LogP contribution < -0.4 is 5.32 Å². The number of rotatable bonds is 5. The van der Waals surface area contributed by atoms with Gasteiger partial charge in [0, 0.05) is 20.8 Å². The molecule has 1 aromatic carbocycles. The number of nitrogens with one attached hydrogen (secondary N) is 1. The van der Waals surface area contributed by atoms with Crippen molar-refractivity contribution in [2.24, 2.45) is 0 Å². The van der Waals surface area contributed by atoms with Gasteiger partial charge in [-0.1, -0.05) is 17.8 Å². The van der Waals surface area contributed by atoms with Gasteiger partial charge >= 0.3 is 0 Å². The molecule has 0 saturated carbocycles. The van der Waals surface area contributed by atoms with Gasteiger partial charge in [-0.15, -0.1) is 23.1 Å². The molecule has 0 aliphatic heterocycles. The standard InChI is InChI=1S/C18H17N3OS3/c1-23-12-5-2-4-11(8-12)21-15(22)9-24-17-16-13-6-3-7-14(13)25-18(16)20-10-19-17/h2,4-5,8,10H,3,6-7,9H2,1H3,(H,21,22). The molecule has 0 saturated heterocycles. The van der Waals surface area contributed by atoms with Crippen molar-refractivity contribution in [2.75, 3.05) is 17.3 Å². The highest BCUT2D eigenvalue weighted by Crippen LogP contribution is 2.39. The largest absolute Gasteiger partial charge is 0.325 e. The molecule has 3 aromatic rings. The fourth-order valence-corrected chi connectivity index (χ4v) is 5.62. The molecule has 1 aliphatic rings. The number of thioether (sulfide) groups is 2. The third-order valence-corrected chi connectivity index (χ3v) is 7.07.